The van der Waals surface area contributed by atoms with Crippen molar-refractivity contribution >= 4 is 33.7 Å². The second-order valence-electron chi connectivity index (χ2n) is 6.38. The van der Waals surface area contributed by atoms with E-state index in [1.807, 2.05) is 42.5 Å². The molecule has 3 heterocycles. The normalized spacial score (nSPS) is 13.5. The van der Waals surface area contributed by atoms with Gasteiger partial charge in [0.1, 0.15) is 17.6 Å². The van der Waals surface area contributed by atoms with Crippen LogP contribution in [0.1, 0.15) is 5.56 Å². The zero-order valence-electron chi connectivity index (χ0n) is 13.9. The van der Waals surface area contributed by atoms with Gasteiger partial charge in [0.25, 0.3) is 5.56 Å². The van der Waals surface area contributed by atoms with E-state index in [1.54, 1.807) is 11.0 Å². The SMILES string of the molecule is O=C(Cn1cnc2c(oc3ccccc32)c1=O)N1CCc2ccccc21. The number of furan rings is 1. The Bertz CT molecular complexity index is 1220. The van der Waals surface area contributed by atoms with Crippen LogP contribution in [0.3, 0.4) is 0 Å². The van der Waals surface area contributed by atoms with Crippen LogP contribution >= 0.6 is 0 Å². The van der Waals surface area contributed by atoms with Crippen LogP contribution in [0.5, 0.6) is 0 Å². The Morgan fingerprint density at radius 1 is 1.12 bits per heavy atom. The smallest absolute Gasteiger partial charge is 0.297 e. The van der Waals surface area contributed by atoms with Crippen molar-refractivity contribution in [1.82, 2.24) is 9.55 Å². The number of nitrogens with zero attached hydrogens (tertiary/aromatic N) is 3. The van der Waals surface area contributed by atoms with Gasteiger partial charge in [-0.3, -0.25) is 14.2 Å². The molecule has 0 bridgehead atoms. The first kappa shape index (κ1) is 14.9. The summed E-state index contributed by atoms with van der Waals surface area (Å²) in [5, 5.41) is 0.798. The second-order valence-corrected chi connectivity index (χ2v) is 6.38. The fraction of sp³-hybridized carbons (Fsp3) is 0.150. The molecule has 128 valence electrons. The number of anilines is 1. The van der Waals surface area contributed by atoms with Gasteiger partial charge >= 0.3 is 0 Å². The van der Waals surface area contributed by atoms with E-state index in [-0.39, 0.29) is 23.6 Å². The van der Waals surface area contributed by atoms with E-state index in [4.69, 9.17) is 4.42 Å². The minimum atomic E-state index is -0.341. The molecule has 6 nitrogen and oxygen atoms in total. The first-order chi connectivity index (χ1) is 12.7. The minimum absolute atomic E-state index is 0.0623. The summed E-state index contributed by atoms with van der Waals surface area (Å²) in [7, 11) is 0. The van der Waals surface area contributed by atoms with Crippen molar-refractivity contribution in [2.24, 2.45) is 0 Å². The molecule has 0 saturated heterocycles. The molecule has 0 aliphatic carbocycles. The lowest BCUT2D eigenvalue weighted by molar-refractivity contribution is -0.119. The summed E-state index contributed by atoms with van der Waals surface area (Å²) in [6.07, 6.45) is 2.25. The fourth-order valence-electron chi connectivity index (χ4n) is 3.56. The molecule has 0 radical (unpaired) electrons. The van der Waals surface area contributed by atoms with Gasteiger partial charge in [-0.05, 0) is 30.2 Å². The lowest BCUT2D eigenvalue weighted by Gasteiger charge is -2.17. The van der Waals surface area contributed by atoms with E-state index in [1.165, 1.54) is 10.9 Å². The first-order valence-corrected chi connectivity index (χ1v) is 8.47. The summed E-state index contributed by atoms with van der Waals surface area (Å²) in [4.78, 5) is 31.6. The van der Waals surface area contributed by atoms with Crippen molar-refractivity contribution in [2.75, 3.05) is 11.4 Å². The molecule has 6 heteroatoms. The number of amides is 1. The number of aromatic nitrogens is 2. The summed E-state index contributed by atoms with van der Waals surface area (Å²) >= 11 is 0. The summed E-state index contributed by atoms with van der Waals surface area (Å²) in [5.41, 5.74) is 3.06. The summed E-state index contributed by atoms with van der Waals surface area (Å²) < 4.78 is 6.98. The standard InChI is InChI=1S/C20H15N3O3/c24-17(23-10-9-13-5-1-3-7-15(13)23)11-22-12-21-18-14-6-2-4-8-16(14)26-19(18)20(22)25/h1-8,12H,9-11H2. The third-order valence-corrected chi connectivity index (χ3v) is 4.84. The molecule has 4 aromatic rings. The number of hydrogen-bond donors (Lipinski definition) is 0. The number of rotatable bonds is 2. The molecule has 26 heavy (non-hydrogen) atoms. The number of carbonyl (C=O) groups excluding carboxylic acids is 1. The van der Waals surface area contributed by atoms with Crippen LogP contribution < -0.4 is 10.5 Å². The van der Waals surface area contributed by atoms with Crippen molar-refractivity contribution in [3.8, 4) is 0 Å². The van der Waals surface area contributed by atoms with Crippen LogP contribution in [-0.4, -0.2) is 22.0 Å². The number of carbonyl (C=O) groups is 1. The van der Waals surface area contributed by atoms with Gasteiger partial charge in [-0.1, -0.05) is 30.3 Å². The zero-order valence-corrected chi connectivity index (χ0v) is 13.9. The average Bonchev–Trinajstić information content (AvgIpc) is 3.26. The molecule has 2 aromatic carbocycles. The highest BCUT2D eigenvalue weighted by Gasteiger charge is 2.25. The largest absolute Gasteiger partial charge is 0.448 e. The third-order valence-electron chi connectivity index (χ3n) is 4.84. The van der Waals surface area contributed by atoms with Crippen LogP contribution in [0.2, 0.25) is 0 Å². The zero-order chi connectivity index (χ0) is 17.7. The topological polar surface area (TPSA) is 68.3 Å². The Labute approximate surface area is 148 Å². The minimum Gasteiger partial charge on any atom is -0.448 e. The molecule has 0 unspecified atom stereocenters. The second kappa shape index (κ2) is 5.56. The van der Waals surface area contributed by atoms with Crippen molar-refractivity contribution in [1.29, 1.82) is 0 Å². The lowest BCUT2D eigenvalue weighted by atomic mass is 10.2. The molecule has 1 aliphatic rings. The maximum Gasteiger partial charge on any atom is 0.297 e. The molecule has 2 aromatic heterocycles. The summed E-state index contributed by atoms with van der Waals surface area (Å²) in [6, 6.07) is 15.2. The predicted molar refractivity (Wildman–Crippen MR) is 98.3 cm³/mol. The summed E-state index contributed by atoms with van der Waals surface area (Å²) in [5.74, 6) is -0.130. The van der Waals surface area contributed by atoms with Gasteiger partial charge in [-0.25, -0.2) is 4.98 Å². The van der Waals surface area contributed by atoms with E-state index in [0.717, 1.165) is 23.1 Å². The van der Waals surface area contributed by atoms with E-state index in [9.17, 15) is 9.59 Å². The Morgan fingerprint density at radius 3 is 2.85 bits per heavy atom. The molecule has 5 rings (SSSR count). The van der Waals surface area contributed by atoms with Crippen molar-refractivity contribution in [2.45, 2.75) is 13.0 Å². The number of benzene rings is 2. The molecule has 0 fully saturated rings. The van der Waals surface area contributed by atoms with Crippen LogP contribution in [0, 0.1) is 0 Å². The highest BCUT2D eigenvalue weighted by molar-refractivity contribution is 6.02. The number of hydrogen-bond acceptors (Lipinski definition) is 4. The van der Waals surface area contributed by atoms with Crippen molar-refractivity contribution < 1.29 is 9.21 Å². The van der Waals surface area contributed by atoms with Crippen molar-refractivity contribution in [3.05, 3.63) is 70.8 Å². The molecular weight excluding hydrogens is 330 g/mol. The third kappa shape index (κ3) is 2.15. The average molecular weight is 345 g/mol. The van der Waals surface area contributed by atoms with E-state index < -0.39 is 0 Å². The molecule has 0 spiro atoms. The van der Waals surface area contributed by atoms with Crippen LogP contribution in [0.4, 0.5) is 5.69 Å². The molecule has 0 saturated carbocycles. The van der Waals surface area contributed by atoms with Gasteiger partial charge < -0.3 is 9.32 Å². The molecule has 1 amide bonds. The fourth-order valence-corrected chi connectivity index (χ4v) is 3.56. The lowest BCUT2D eigenvalue weighted by Crippen LogP contribution is -2.35. The Balaban J connectivity index is 1.52. The van der Waals surface area contributed by atoms with E-state index >= 15 is 0 Å². The van der Waals surface area contributed by atoms with Crippen LogP contribution in [0.15, 0.2) is 64.1 Å². The predicted octanol–water partition coefficient (Wildman–Crippen LogP) is 2.73. The van der Waals surface area contributed by atoms with E-state index in [2.05, 4.69) is 4.98 Å². The van der Waals surface area contributed by atoms with Gasteiger partial charge in [-0.15, -0.1) is 0 Å². The Kier molecular flexibility index (Phi) is 3.18. The highest BCUT2D eigenvalue weighted by atomic mass is 16.3. The van der Waals surface area contributed by atoms with Crippen molar-refractivity contribution in [3.63, 3.8) is 0 Å². The van der Waals surface area contributed by atoms with Gasteiger partial charge in [-0.2, -0.15) is 0 Å². The molecule has 0 N–H and O–H groups in total. The number of para-hydroxylation sites is 2. The van der Waals surface area contributed by atoms with Crippen LogP contribution in [-0.2, 0) is 17.8 Å². The van der Waals surface area contributed by atoms with Gasteiger partial charge in [0.15, 0.2) is 0 Å². The molecular formula is C20H15N3O3. The monoisotopic (exact) mass is 345 g/mol. The Hall–Kier alpha value is -3.41. The maximum absolute atomic E-state index is 12.8. The van der Waals surface area contributed by atoms with Crippen LogP contribution in [0.25, 0.3) is 22.1 Å². The molecule has 1 aliphatic heterocycles. The van der Waals surface area contributed by atoms with Gasteiger partial charge in [0.05, 0.1) is 6.33 Å². The quantitative estimate of drug-likeness (QED) is 0.560. The van der Waals surface area contributed by atoms with Gasteiger partial charge in [0.2, 0.25) is 11.5 Å². The highest BCUT2D eigenvalue weighted by Crippen LogP contribution is 2.28. The number of fused-ring (bicyclic) bond motifs is 4. The Morgan fingerprint density at radius 2 is 1.92 bits per heavy atom. The first-order valence-electron chi connectivity index (χ1n) is 8.47. The summed E-state index contributed by atoms with van der Waals surface area (Å²) in [6.45, 7) is 0.570. The van der Waals surface area contributed by atoms with Gasteiger partial charge in [0, 0.05) is 17.6 Å². The van der Waals surface area contributed by atoms with E-state index in [0.29, 0.717) is 17.6 Å². The molecule has 0 atom stereocenters. The maximum atomic E-state index is 12.8.